The molecule has 0 heterocycles. The Morgan fingerprint density at radius 1 is 0.471 bits per heavy atom. The fourth-order valence-corrected chi connectivity index (χ4v) is 5.90. The maximum Gasteiger partial charge on any atom is 0.326 e. The highest BCUT2D eigenvalue weighted by Gasteiger charge is 2.21. The third-order valence-corrected chi connectivity index (χ3v) is 10.8. The summed E-state index contributed by atoms with van der Waals surface area (Å²) in [6.45, 7) is 5.83. The molecular formula is C45H93N6O15PS3. The van der Waals surface area contributed by atoms with E-state index in [-0.39, 0.29) is 115 Å². The van der Waals surface area contributed by atoms with E-state index in [0.29, 0.717) is 32.2 Å². The number of hydrogen-bond acceptors (Lipinski definition) is 17. The van der Waals surface area contributed by atoms with Crippen LogP contribution in [0.1, 0.15) is 136 Å². The van der Waals surface area contributed by atoms with Crippen molar-refractivity contribution < 1.29 is 73.0 Å². The van der Waals surface area contributed by atoms with Crippen LogP contribution < -0.4 is 32.3 Å². The summed E-state index contributed by atoms with van der Waals surface area (Å²) >= 11 is 1.75. The van der Waals surface area contributed by atoms with Crippen LogP contribution in [-0.2, 0) is 52.5 Å². The summed E-state index contributed by atoms with van der Waals surface area (Å²) in [5.74, 6) is -0.652. The van der Waals surface area contributed by atoms with E-state index in [2.05, 4.69) is 54.2 Å². The van der Waals surface area contributed by atoms with Crippen LogP contribution in [-0.4, -0.2) is 172 Å². The second-order valence-corrected chi connectivity index (χ2v) is 18.6. The van der Waals surface area contributed by atoms with Gasteiger partial charge in [0, 0.05) is 38.9 Å². The second-order valence-electron chi connectivity index (χ2n) is 14.8. The zero-order valence-electron chi connectivity index (χ0n) is 43.0. The average Bonchev–Trinajstić information content (AvgIpc) is 3.34. The summed E-state index contributed by atoms with van der Waals surface area (Å²) in [6.07, 6.45) is 22.6. The van der Waals surface area contributed by atoms with Gasteiger partial charge in [0.25, 0.3) is 0 Å². The van der Waals surface area contributed by atoms with Crippen molar-refractivity contribution in [2.75, 3.05) is 97.5 Å². The number of carboxylic acid groups (broad SMARTS) is 3. The Bertz CT molecular complexity index is 1240. The zero-order chi connectivity index (χ0) is 53.9. The summed E-state index contributed by atoms with van der Waals surface area (Å²) in [5, 5.41) is 46.7. The highest BCUT2D eigenvalue weighted by atomic mass is 33.1. The smallest absolute Gasteiger partial charge is 0.326 e. The van der Waals surface area contributed by atoms with Crippen LogP contribution in [0.4, 0.5) is 0 Å². The van der Waals surface area contributed by atoms with Crippen LogP contribution in [0, 0.1) is 0 Å². The summed E-state index contributed by atoms with van der Waals surface area (Å²) in [6, 6.07) is -1.78. The lowest BCUT2D eigenvalue weighted by Crippen LogP contribution is -2.41. The van der Waals surface area contributed by atoms with Gasteiger partial charge >= 0.3 is 17.9 Å². The SMILES string of the molecule is CC.CSC.CSSC.NO.O=C(O)CCCCCCCCCCCCCCC(=O)NC(CCC(=O)NCCOCCOCC(=O)NCCOCCOCC(=O)NCCCCC(NP)C(=O)O)C(=O)O. The van der Waals surface area contributed by atoms with E-state index in [1.165, 1.54) is 19.3 Å². The van der Waals surface area contributed by atoms with Crippen molar-refractivity contribution in [1.29, 1.82) is 0 Å². The first kappa shape index (κ1) is 76.4. The fourth-order valence-electron chi connectivity index (χ4n) is 5.59. The van der Waals surface area contributed by atoms with Crippen LogP contribution in [0.5, 0.6) is 0 Å². The number of amides is 4. The summed E-state index contributed by atoms with van der Waals surface area (Å²) in [5.41, 5.74) is 0. The van der Waals surface area contributed by atoms with E-state index in [1.54, 1.807) is 33.3 Å². The number of thioether (sulfide) groups is 1. The number of ether oxygens (including phenoxy) is 4. The molecule has 0 aliphatic rings. The molecule has 0 rings (SSSR count). The predicted octanol–water partition coefficient (Wildman–Crippen LogP) is 5.27. The third kappa shape index (κ3) is 65.5. The molecule has 3 unspecified atom stereocenters. The number of carbonyl (C=O) groups is 7. The van der Waals surface area contributed by atoms with Gasteiger partial charge in [-0.05, 0) is 63.5 Å². The number of nitrogens with two attached hydrogens (primary N) is 1. The monoisotopic (exact) mass is 1080 g/mol. The van der Waals surface area contributed by atoms with Gasteiger partial charge in [0.05, 0.1) is 39.6 Å². The first-order valence-electron chi connectivity index (χ1n) is 24.1. The molecular weight excluding hydrogens is 992 g/mol. The number of carbonyl (C=O) groups excluding carboxylic acids is 4. The summed E-state index contributed by atoms with van der Waals surface area (Å²) < 4.78 is 21.2. The molecule has 0 radical (unpaired) electrons. The molecule has 3 atom stereocenters. The largest absolute Gasteiger partial charge is 0.481 e. The van der Waals surface area contributed by atoms with E-state index >= 15 is 0 Å². The molecule has 0 aliphatic carbocycles. The van der Waals surface area contributed by atoms with Crippen molar-refractivity contribution in [2.24, 2.45) is 5.90 Å². The molecule has 11 N–H and O–H groups in total. The molecule has 70 heavy (non-hydrogen) atoms. The van der Waals surface area contributed by atoms with E-state index < -0.39 is 30.0 Å². The van der Waals surface area contributed by atoms with Gasteiger partial charge in [-0.25, -0.2) is 10.7 Å². The molecule has 0 saturated carbocycles. The van der Waals surface area contributed by atoms with Gasteiger partial charge in [0.1, 0.15) is 25.3 Å². The molecule has 4 amide bonds. The molecule has 416 valence electrons. The fraction of sp³-hybridized carbons (Fsp3) is 0.844. The number of hydrogen-bond donors (Lipinski definition) is 10. The minimum Gasteiger partial charge on any atom is -0.481 e. The molecule has 0 aliphatic heterocycles. The van der Waals surface area contributed by atoms with E-state index in [9.17, 15) is 38.7 Å². The summed E-state index contributed by atoms with van der Waals surface area (Å²) in [4.78, 5) is 81.2. The van der Waals surface area contributed by atoms with Crippen LogP contribution in [0.2, 0.25) is 0 Å². The first-order valence-corrected chi connectivity index (χ1v) is 29.2. The van der Waals surface area contributed by atoms with Gasteiger partial charge in [-0.15, -0.1) is 0 Å². The first-order chi connectivity index (χ1) is 33.8. The Kier molecular flexibility index (Phi) is 70.4. The van der Waals surface area contributed by atoms with Gasteiger partial charge in [0.2, 0.25) is 23.6 Å². The van der Waals surface area contributed by atoms with Gasteiger partial charge in [0.15, 0.2) is 0 Å². The molecule has 0 aromatic carbocycles. The molecule has 0 bridgehead atoms. The van der Waals surface area contributed by atoms with Crippen LogP contribution >= 0.6 is 42.7 Å². The Hall–Kier alpha value is -2.51. The Labute approximate surface area is 433 Å². The highest BCUT2D eigenvalue weighted by molar-refractivity contribution is 8.76. The van der Waals surface area contributed by atoms with Crippen molar-refractivity contribution in [2.45, 2.75) is 148 Å². The number of rotatable bonds is 44. The maximum absolute atomic E-state index is 12.3. The molecule has 25 heteroatoms. The lowest BCUT2D eigenvalue weighted by Gasteiger charge is -2.14. The molecule has 21 nitrogen and oxygen atoms in total. The minimum absolute atomic E-state index is 0.0353. The topological polar surface area (TPSA) is 324 Å². The van der Waals surface area contributed by atoms with Gasteiger partial charge in [-0.2, -0.15) is 11.8 Å². The van der Waals surface area contributed by atoms with Gasteiger partial charge in [-0.1, -0.05) is 109 Å². The van der Waals surface area contributed by atoms with Crippen molar-refractivity contribution in [3.05, 3.63) is 0 Å². The predicted molar refractivity (Wildman–Crippen MR) is 285 cm³/mol. The number of aliphatic carboxylic acids is 3. The number of unbranched alkanes of at least 4 members (excludes halogenated alkanes) is 12. The molecule has 0 fully saturated rings. The molecule has 0 saturated heterocycles. The minimum atomic E-state index is -1.19. The maximum atomic E-state index is 12.3. The highest BCUT2D eigenvalue weighted by Crippen LogP contribution is 2.13. The van der Waals surface area contributed by atoms with Crippen LogP contribution in [0.25, 0.3) is 0 Å². The van der Waals surface area contributed by atoms with Crippen LogP contribution in [0.15, 0.2) is 0 Å². The second kappa shape index (κ2) is 64.5. The Morgan fingerprint density at radius 3 is 1.26 bits per heavy atom. The lowest BCUT2D eigenvalue weighted by molar-refractivity contribution is -0.142. The van der Waals surface area contributed by atoms with Gasteiger partial charge < -0.3 is 60.7 Å². The number of nitrogens with one attached hydrogen (secondary N) is 5. The van der Waals surface area contributed by atoms with E-state index in [4.69, 9.17) is 34.4 Å². The average molecular weight is 1090 g/mol. The Balaban J connectivity index is -0.00000117. The summed E-state index contributed by atoms with van der Waals surface area (Å²) in [7, 11) is 5.74. The van der Waals surface area contributed by atoms with Crippen molar-refractivity contribution in [1.82, 2.24) is 26.4 Å². The van der Waals surface area contributed by atoms with Crippen molar-refractivity contribution in [3.8, 4) is 0 Å². The van der Waals surface area contributed by atoms with Gasteiger partial charge in [-0.3, -0.25) is 33.9 Å². The third-order valence-electron chi connectivity index (χ3n) is 9.09. The standard InChI is InChI=1S/C39H72N5O14P.C2H6S2.C2H6S.C2H6.H3NO/c45-33(19-18-31(38(51)52)43-34(46)16-11-9-7-5-3-1-2-4-6-8-10-12-17-37(49)50)41-21-23-55-25-28-58-30-36(48)42-22-24-56-26-27-57-29-35(47)40-20-14-13-15-32(44-59)39(53)54;1-3-4-2;1-3-2;2*1-2/h31-32,44H,1-30,59H2,(H,40,47)(H,41,45)(H,42,48)(H,43,46)(H,49,50)(H,51,52)(H,53,54);1-2H3;1-2H3;1-2H3;2H,1H2. The zero-order valence-corrected chi connectivity index (χ0v) is 46.6. The number of carboxylic acids is 3. The molecule has 0 spiro atoms. The van der Waals surface area contributed by atoms with Crippen molar-refractivity contribution in [3.63, 3.8) is 0 Å². The van der Waals surface area contributed by atoms with E-state index in [1.807, 2.05) is 26.4 Å². The Morgan fingerprint density at radius 2 is 0.857 bits per heavy atom. The molecule has 0 aromatic heterocycles. The quantitative estimate of drug-likeness (QED) is 0.0161. The van der Waals surface area contributed by atoms with Crippen molar-refractivity contribution >= 4 is 84.3 Å². The van der Waals surface area contributed by atoms with E-state index in [0.717, 1.165) is 51.4 Å². The lowest BCUT2D eigenvalue weighted by atomic mass is 10.0. The normalized spacial score (nSPS) is 11.0. The molecule has 0 aromatic rings. The van der Waals surface area contributed by atoms with Crippen LogP contribution in [0.3, 0.4) is 0 Å².